The van der Waals surface area contributed by atoms with Crippen molar-refractivity contribution in [1.82, 2.24) is 4.90 Å². The molecule has 1 aromatic rings. The van der Waals surface area contributed by atoms with Gasteiger partial charge in [-0.2, -0.15) is 0 Å². The fraction of sp³-hybridized carbons (Fsp3) is 0.500. The van der Waals surface area contributed by atoms with E-state index in [1.54, 1.807) is 13.0 Å². The van der Waals surface area contributed by atoms with Crippen molar-refractivity contribution in [3.63, 3.8) is 0 Å². The van der Waals surface area contributed by atoms with E-state index in [2.05, 4.69) is 15.9 Å². The summed E-state index contributed by atoms with van der Waals surface area (Å²) in [6, 6.07) is 4.90. The minimum Gasteiger partial charge on any atom is -0.465 e. The van der Waals surface area contributed by atoms with Crippen molar-refractivity contribution in [2.24, 2.45) is 0 Å². The first-order valence-electron chi connectivity index (χ1n) is 6.79. The van der Waals surface area contributed by atoms with Gasteiger partial charge in [-0.05, 0) is 41.4 Å². The maximum absolute atomic E-state index is 11.6. The number of nitrogens with zero attached hydrogens (tertiary/aromatic N) is 2. The number of hydrogen-bond donors (Lipinski definition) is 0. The number of halogens is 1. The Morgan fingerprint density at radius 1 is 1.43 bits per heavy atom. The molecule has 0 saturated heterocycles. The molecule has 0 spiro atoms. The number of esters is 1. The van der Waals surface area contributed by atoms with Crippen molar-refractivity contribution >= 4 is 27.6 Å². The van der Waals surface area contributed by atoms with Crippen LogP contribution in [0.2, 0.25) is 0 Å². The summed E-state index contributed by atoms with van der Waals surface area (Å²) in [4.78, 5) is 24.0. The molecule has 0 amide bonds. The molecule has 6 nitrogen and oxygen atoms in total. The fourth-order valence-electron chi connectivity index (χ4n) is 1.99. The Kier molecular flexibility index (Phi) is 7.31. The highest BCUT2D eigenvalue weighted by Gasteiger charge is 2.18. The van der Waals surface area contributed by atoms with Gasteiger partial charge in [0.2, 0.25) is 0 Å². The molecule has 7 heteroatoms. The van der Waals surface area contributed by atoms with Crippen molar-refractivity contribution < 1.29 is 14.5 Å². The van der Waals surface area contributed by atoms with Crippen LogP contribution in [0.15, 0.2) is 22.7 Å². The first kappa shape index (κ1) is 17.6. The van der Waals surface area contributed by atoms with Gasteiger partial charge < -0.3 is 4.74 Å². The van der Waals surface area contributed by atoms with Gasteiger partial charge in [0, 0.05) is 12.6 Å². The van der Waals surface area contributed by atoms with Crippen LogP contribution in [0, 0.1) is 10.1 Å². The Labute approximate surface area is 132 Å². The number of benzene rings is 1. The molecule has 0 unspecified atom stereocenters. The predicted octanol–water partition coefficient (Wildman–Crippen LogP) is 3.13. The molecule has 0 saturated carbocycles. The third-order valence-corrected chi connectivity index (χ3v) is 3.76. The first-order valence-corrected chi connectivity index (χ1v) is 7.58. The first-order chi connectivity index (χ1) is 9.99. The average molecular weight is 359 g/mol. The van der Waals surface area contributed by atoms with Gasteiger partial charge in [-0.1, -0.05) is 19.1 Å². The summed E-state index contributed by atoms with van der Waals surface area (Å²) < 4.78 is 5.41. The van der Waals surface area contributed by atoms with Crippen LogP contribution in [0.5, 0.6) is 0 Å². The lowest BCUT2D eigenvalue weighted by atomic mass is 10.2. The molecule has 116 valence electrons. The number of nitro groups is 1. The van der Waals surface area contributed by atoms with Gasteiger partial charge in [-0.3, -0.25) is 19.8 Å². The third kappa shape index (κ3) is 5.43. The Morgan fingerprint density at radius 2 is 2.14 bits per heavy atom. The van der Waals surface area contributed by atoms with E-state index in [1.165, 1.54) is 6.07 Å². The van der Waals surface area contributed by atoms with Crippen LogP contribution in [-0.4, -0.2) is 35.5 Å². The zero-order chi connectivity index (χ0) is 15.8. The second-order valence-corrected chi connectivity index (χ2v) is 5.32. The van der Waals surface area contributed by atoms with Crippen molar-refractivity contribution in [3.05, 3.63) is 38.3 Å². The predicted molar refractivity (Wildman–Crippen MR) is 83.0 cm³/mol. The van der Waals surface area contributed by atoms with Crippen LogP contribution >= 0.6 is 15.9 Å². The molecule has 0 fully saturated rings. The van der Waals surface area contributed by atoms with E-state index >= 15 is 0 Å². The molecule has 0 N–H and O–H groups in total. The molecule has 21 heavy (non-hydrogen) atoms. The number of carbonyl (C=O) groups is 1. The Hall–Kier alpha value is -1.47. The molecule has 0 bridgehead atoms. The topological polar surface area (TPSA) is 72.7 Å². The smallest absolute Gasteiger partial charge is 0.320 e. The molecular formula is C14H19BrN2O4. The van der Waals surface area contributed by atoms with Gasteiger partial charge in [0.05, 0.1) is 22.5 Å². The second kappa shape index (κ2) is 8.74. The van der Waals surface area contributed by atoms with Gasteiger partial charge in [-0.15, -0.1) is 0 Å². The summed E-state index contributed by atoms with van der Waals surface area (Å²) in [5, 5.41) is 10.9. The minimum absolute atomic E-state index is 0.0279. The summed E-state index contributed by atoms with van der Waals surface area (Å²) in [5.74, 6) is -0.285. The summed E-state index contributed by atoms with van der Waals surface area (Å²) in [6.45, 7) is 5.47. The minimum atomic E-state index is -0.427. The molecule has 1 rings (SSSR count). The molecule has 0 aliphatic carbocycles. The average Bonchev–Trinajstić information content (AvgIpc) is 2.41. The van der Waals surface area contributed by atoms with Crippen LogP contribution < -0.4 is 0 Å². The third-order valence-electron chi connectivity index (χ3n) is 2.85. The van der Waals surface area contributed by atoms with Crippen molar-refractivity contribution in [3.8, 4) is 0 Å². The Balaban J connectivity index is 2.86. The lowest BCUT2D eigenvalue weighted by Gasteiger charge is -2.21. The van der Waals surface area contributed by atoms with Gasteiger partial charge in [0.1, 0.15) is 0 Å². The van der Waals surface area contributed by atoms with E-state index in [9.17, 15) is 14.9 Å². The van der Waals surface area contributed by atoms with Gasteiger partial charge >= 0.3 is 5.97 Å². The van der Waals surface area contributed by atoms with Crippen LogP contribution in [-0.2, 0) is 16.1 Å². The highest BCUT2D eigenvalue weighted by molar-refractivity contribution is 9.10. The zero-order valence-corrected chi connectivity index (χ0v) is 13.8. The monoisotopic (exact) mass is 358 g/mol. The SMILES string of the molecule is CCCN(CC(=O)OCC)Cc1cccc([N+](=O)[O-])c1Br. The van der Waals surface area contributed by atoms with Gasteiger partial charge in [-0.25, -0.2) is 0 Å². The molecule has 0 aromatic heterocycles. The van der Waals surface area contributed by atoms with E-state index in [-0.39, 0.29) is 18.2 Å². The zero-order valence-electron chi connectivity index (χ0n) is 12.2. The van der Waals surface area contributed by atoms with E-state index in [1.807, 2.05) is 17.9 Å². The molecule has 1 aromatic carbocycles. The van der Waals surface area contributed by atoms with Gasteiger partial charge in [0.25, 0.3) is 5.69 Å². The van der Waals surface area contributed by atoms with Crippen molar-refractivity contribution in [2.75, 3.05) is 19.7 Å². The quantitative estimate of drug-likeness (QED) is 0.405. The Bertz CT molecular complexity index is 508. The van der Waals surface area contributed by atoms with Crippen molar-refractivity contribution in [1.29, 1.82) is 0 Å². The maximum atomic E-state index is 11.6. The lowest BCUT2D eigenvalue weighted by Crippen LogP contribution is -2.31. The van der Waals surface area contributed by atoms with Crippen LogP contribution in [0.4, 0.5) is 5.69 Å². The number of hydrogen-bond acceptors (Lipinski definition) is 5. The largest absolute Gasteiger partial charge is 0.465 e. The van der Waals surface area contributed by atoms with E-state index in [0.29, 0.717) is 24.2 Å². The van der Waals surface area contributed by atoms with E-state index in [4.69, 9.17) is 4.74 Å². The summed E-state index contributed by atoms with van der Waals surface area (Å²) >= 11 is 3.27. The standard InChI is InChI=1S/C14H19BrN2O4/c1-3-8-16(10-13(18)21-4-2)9-11-6-5-7-12(14(11)15)17(19)20/h5-7H,3-4,8-10H2,1-2H3. The van der Waals surface area contributed by atoms with Gasteiger partial charge in [0.15, 0.2) is 0 Å². The molecular weight excluding hydrogens is 340 g/mol. The normalized spacial score (nSPS) is 10.7. The lowest BCUT2D eigenvalue weighted by molar-refractivity contribution is -0.385. The fourth-order valence-corrected chi connectivity index (χ4v) is 2.52. The summed E-state index contributed by atoms with van der Waals surface area (Å²) in [7, 11) is 0. The molecule has 0 aliphatic rings. The highest BCUT2D eigenvalue weighted by atomic mass is 79.9. The molecule has 0 heterocycles. The summed E-state index contributed by atoms with van der Waals surface area (Å²) in [6.07, 6.45) is 0.881. The number of carbonyl (C=O) groups excluding carboxylic acids is 1. The molecule has 0 aliphatic heterocycles. The molecule has 0 radical (unpaired) electrons. The maximum Gasteiger partial charge on any atom is 0.320 e. The van der Waals surface area contributed by atoms with E-state index in [0.717, 1.165) is 12.0 Å². The number of rotatable bonds is 8. The number of ether oxygens (including phenoxy) is 1. The van der Waals surface area contributed by atoms with Crippen LogP contribution in [0.3, 0.4) is 0 Å². The van der Waals surface area contributed by atoms with Crippen molar-refractivity contribution in [2.45, 2.75) is 26.8 Å². The number of nitro benzene ring substituents is 1. The second-order valence-electron chi connectivity index (χ2n) is 4.52. The molecule has 0 atom stereocenters. The highest BCUT2D eigenvalue weighted by Crippen LogP contribution is 2.29. The van der Waals surface area contributed by atoms with E-state index < -0.39 is 4.92 Å². The summed E-state index contributed by atoms with van der Waals surface area (Å²) in [5.41, 5.74) is 0.807. The van der Waals surface area contributed by atoms with Crippen LogP contribution in [0.1, 0.15) is 25.8 Å². The Morgan fingerprint density at radius 3 is 2.71 bits per heavy atom. The van der Waals surface area contributed by atoms with Crippen LogP contribution in [0.25, 0.3) is 0 Å².